The van der Waals surface area contributed by atoms with E-state index in [0.29, 0.717) is 5.41 Å². The quantitative estimate of drug-likeness (QED) is 0.519. The Morgan fingerprint density at radius 2 is 1.61 bits per heavy atom. The predicted octanol–water partition coefficient (Wildman–Crippen LogP) is 6.04. The molecular weight excluding hydrogens is 216 g/mol. The highest BCUT2D eigenvalue weighted by Gasteiger charge is 2.27. The van der Waals surface area contributed by atoms with Crippen molar-refractivity contribution in [2.75, 3.05) is 0 Å². The second-order valence-corrected chi connectivity index (χ2v) is 6.56. The first kappa shape index (κ1) is 13.9. The SMILES string of the molecule is C=CCC1(C=CCC2CCCCC2)CCCCC1. The molecule has 0 bridgehead atoms. The minimum Gasteiger partial charge on any atom is -0.103 e. The highest BCUT2D eigenvalue weighted by molar-refractivity contribution is 5.04. The molecule has 0 atom stereocenters. The minimum absolute atomic E-state index is 0.481. The largest absolute Gasteiger partial charge is 0.103 e. The Morgan fingerprint density at radius 3 is 2.28 bits per heavy atom. The van der Waals surface area contributed by atoms with Gasteiger partial charge in [-0.05, 0) is 37.0 Å². The molecule has 2 aliphatic carbocycles. The molecule has 2 saturated carbocycles. The highest BCUT2D eigenvalue weighted by atomic mass is 14.3. The Bertz CT molecular complexity index is 262. The molecule has 18 heavy (non-hydrogen) atoms. The van der Waals surface area contributed by atoms with Crippen LogP contribution in [0.5, 0.6) is 0 Å². The van der Waals surface area contributed by atoms with Gasteiger partial charge < -0.3 is 0 Å². The smallest absolute Gasteiger partial charge is 0.00839 e. The lowest BCUT2D eigenvalue weighted by Crippen LogP contribution is -2.20. The van der Waals surface area contributed by atoms with Crippen LogP contribution < -0.4 is 0 Å². The van der Waals surface area contributed by atoms with Crippen LogP contribution >= 0.6 is 0 Å². The van der Waals surface area contributed by atoms with E-state index in [1.807, 2.05) is 0 Å². The van der Waals surface area contributed by atoms with Gasteiger partial charge in [0.05, 0.1) is 0 Å². The lowest BCUT2D eigenvalue weighted by atomic mass is 9.71. The van der Waals surface area contributed by atoms with Gasteiger partial charge in [0, 0.05) is 0 Å². The maximum Gasteiger partial charge on any atom is -0.00839 e. The summed E-state index contributed by atoms with van der Waals surface area (Å²) in [6, 6.07) is 0. The molecule has 0 saturated heterocycles. The molecule has 0 aliphatic heterocycles. The second-order valence-electron chi connectivity index (χ2n) is 6.56. The first-order valence-electron chi connectivity index (χ1n) is 8.13. The molecule has 2 fully saturated rings. The van der Waals surface area contributed by atoms with Gasteiger partial charge in [0.1, 0.15) is 0 Å². The van der Waals surface area contributed by atoms with Crippen molar-refractivity contribution in [3.63, 3.8) is 0 Å². The van der Waals surface area contributed by atoms with Crippen LogP contribution in [-0.2, 0) is 0 Å². The Labute approximate surface area is 114 Å². The van der Waals surface area contributed by atoms with Gasteiger partial charge in [-0.3, -0.25) is 0 Å². The van der Waals surface area contributed by atoms with E-state index in [9.17, 15) is 0 Å². The van der Waals surface area contributed by atoms with Crippen molar-refractivity contribution in [2.24, 2.45) is 11.3 Å². The van der Waals surface area contributed by atoms with Crippen LogP contribution in [-0.4, -0.2) is 0 Å². The Morgan fingerprint density at radius 1 is 0.944 bits per heavy atom. The summed E-state index contributed by atoms with van der Waals surface area (Å²) < 4.78 is 0. The fourth-order valence-corrected chi connectivity index (χ4v) is 3.92. The zero-order valence-electron chi connectivity index (χ0n) is 12.0. The standard InChI is InChI=1S/C18H30/c1-2-13-18(14-7-4-8-15-18)16-9-12-17-10-5-3-6-11-17/h2,9,16-17H,1,3-8,10-15H2. The van der Waals surface area contributed by atoms with Crippen LogP contribution in [0.4, 0.5) is 0 Å². The van der Waals surface area contributed by atoms with Gasteiger partial charge >= 0.3 is 0 Å². The van der Waals surface area contributed by atoms with Crippen molar-refractivity contribution >= 4 is 0 Å². The molecule has 0 aromatic heterocycles. The molecule has 2 rings (SSSR count). The van der Waals surface area contributed by atoms with E-state index in [2.05, 4.69) is 24.8 Å². The first-order valence-corrected chi connectivity index (χ1v) is 8.13. The Hall–Kier alpha value is -0.520. The van der Waals surface area contributed by atoms with E-state index in [-0.39, 0.29) is 0 Å². The summed E-state index contributed by atoms with van der Waals surface area (Å²) in [5, 5.41) is 0. The molecule has 0 spiro atoms. The fourth-order valence-electron chi connectivity index (χ4n) is 3.92. The lowest BCUT2D eigenvalue weighted by molar-refractivity contribution is 0.259. The van der Waals surface area contributed by atoms with Crippen molar-refractivity contribution in [2.45, 2.75) is 77.0 Å². The van der Waals surface area contributed by atoms with Crippen LogP contribution in [0.15, 0.2) is 24.8 Å². The summed E-state index contributed by atoms with van der Waals surface area (Å²) in [6.07, 6.45) is 24.2. The zero-order chi connectivity index (χ0) is 12.7. The van der Waals surface area contributed by atoms with E-state index in [1.54, 1.807) is 0 Å². The van der Waals surface area contributed by atoms with Crippen molar-refractivity contribution in [3.05, 3.63) is 24.8 Å². The Balaban J connectivity index is 1.84. The van der Waals surface area contributed by atoms with Gasteiger partial charge in [-0.1, -0.05) is 69.6 Å². The summed E-state index contributed by atoms with van der Waals surface area (Å²) in [6.45, 7) is 3.96. The summed E-state index contributed by atoms with van der Waals surface area (Å²) in [4.78, 5) is 0. The van der Waals surface area contributed by atoms with Crippen molar-refractivity contribution in [1.82, 2.24) is 0 Å². The summed E-state index contributed by atoms with van der Waals surface area (Å²) >= 11 is 0. The van der Waals surface area contributed by atoms with Crippen molar-refractivity contribution < 1.29 is 0 Å². The summed E-state index contributed by atoms with van der Waals surface area (Å²) in [5.41, 5.74) is 0.481. The van der Waals surface area contributed by atoms with Gasteiger partial charge in [-0.25, -0.2) is 0 Å². The third-order valence-electron chi connectivity index (χ3n) is 5.07. The van der Waals surface area contributed by atoms with Crippen molar-refractivity contribution in [3.8, 4) is 0 Å². The monoisotopic (exact) mass is 246 g/mol. The van der Waals surface area contributed by atoms with Crippen LogP contribution in [0, 0.1) is 11.3 Å². The topological polar surface area (TPSA) is 0 Å². The molecular formula is C18H30. The molecule has 0 heteroatoms. The van der Waals surface area contributed by atoms with E-state index < -0.39 is 0 Å². The van der Waals surface area contributed by atoms with Gasteiger partial charge in [0.2, 0.25) is 0 Å². The number of rotatable bonds is 5. The highest BCUT2D eigenvalue weighted by Crippen LogP contribution is 2.41. The average Bonchev–Trinajstić information content (AvgIpc) is 2.41. The maximum atomic E-state index is 3.96. The third kappa shape index (κ3) is 4.00. The number of allylic oxidation sites excluding steroid dienone is 3. The third-order valence-corrected chi connectivity index (χ3v) is 5.07. The van der Waals surface area contributed by atoms with E-state index in [0.717, 1.165) is 5.92 Å². The molecule has 0 amide bonds. The fraction of sp³-hybridized carbons (Fsp3) is 0.778. The van der Waals surface area contributed by atoms with Crippen LogP contribution in [0.1, 0.15) is 77.0 Å². The first-order chi connectivity index (χ1) is 8.85. The predicted molar refractivity (Wildman–Crippen MR) is 80.7 cm³/mol. The van der Waals surface area contributed by atoms with Crippen molar-refractivity contribution in [1.29, 1.82) is 0 Å². The normalized spacial score (nSPS) is 25.3. The molecule has 2 aliphatic rings. The van der Waals surface area contributed by atoms with Crippen LogP contribution in [0.3, 0.4) is 0 Å². The van der Waals surface area contributed by atoms with Gasteiger partial charge in [-0.15, -0.1) is 6.58 Å². The summed E-state index contributed by atoms with van der Waals surface area (Å²) in [5.74, 6) is 0.986. The molecule has 0 radical (unpaired) electrons. The molecule has 102 valence electrons. The van der Waals surface area contributed by atoms with E-state index in [1.165, 1.54) is 77.0 Å². The van der Waals surface area contributed by atoms with E-state index in [4.69, 9.17) is 0 Å². The second kappa shape index (κ2) is 7.16. The zero-order valence-corrected chi connectivity index (χ0v) is 12.0. The minimum atomic E-state index is 0.481. The Kier molecular flexibility index (Phi) is 5.53. The van der Waals surface area contributed by atoms with Gasteiger partial charge in [0.25, 0.3) is 0 Å². The number of hydrogen-bond donors (Lipinski definition) is 0. The molecule has 0 nitrogen and oxygen atoms in total. The number of hydrogen-bond acceptors (Lipinski definition) is 0. The van der Waals surface area contributed by atoms with Crippen LogP contribution in [0.25, 0.3) is 0 Å². The van der Waals surface area contributed by atoms with Gasteiger partial charge in [-0.2, -0.15) is 0 Å². The molecule has 0 N–H and O–H groups in total. The lowest BCUT2D eigenvalue weighted by Gasteiger charge is -2.34. The van der Waals surface area contributed by atoms with Crippen LogP contribution in [0.2, 0.25) is 0 Å². The molecule has 0 heterocycles. The van der Waals surface area contributed by atoms with Gasteiger partial charge in [0.15, 0.2) is 0 Å². The molecule has 0 unspecified atom stereocenters. The van der Waals surface area contributed by atoms with E-state index >= 15 is 0 Å². The molecule has 0 aromatic carbocycles. The molecule has 0 aromatic rings. The summed E-state index contributed by atoms with van der Waals surface area (Å²) in [7, 11) is 0. The average molecular weight is 246 g/mol. The maximum absolute atomic E-state index is 3.96.